The van der Waals surface area contributed by atoms with Crippen molar-refractivity contribution in [2.75, 3.05) is 31.2 Å². The van der Waals surface area contributed by atoms with Crippen LogP contribution in [0.2, 0.25) is 0 Å². The van der Waals surface area contributed by atoms with Crippen molar-refractivity contribution in [1.82, 2.24) is 10.2 Å². The van der Waals surface area contributed by atoms with Crippen LogP contribution in [-0.4, -0.2) is 47.9 Å². The Morgan fingerprint density at radius 2 is 1.89 bits per heavy atom. The van der Waals surface area contributed by atoms with Gasteiger partial charge in [-0.15, -0.1) is 0 Å². The molecule has 2 heterocycles. The number of piperidine rings is 1. The van der Waals surface area contributed by atoms with Gasteiger partial charge in [0.05, 0.1) is 12.2 Å². The SMILES string of the molecule is O=C(O)N1CCC2(CC1)CNCN2c1ccccc1. The molecular weight excluding hydrogens is 242 g/mol. The monoisotopic (exact) mass is 261 g/mol. The van der Waals surface area contributed by atoms with Crippen LogP contribution in [-0.2, 0) is 0 Å². The topological polar surface area (TPSA) is 55.8 Å². The number of hydrogen-bond acceptors (Lipinski definition) is 3. The van der Waals surface area contributed by atoms with Crippen molar-refractivity contribution in [3.8, 4) is 0 Å². The van der Waals surface area contributed by atoms with E-state index in [0.29, 0.717) is 13.1 Å². The highest BCUT2D eigenvalue weighted by atomic mass is 16.4. The van der Waals surface area contributed by atoms with Crippen LogP contribution in [0.3, 0.4) is 0 Å². The van der Waals surface area contributed by atoms with E-state index in [0.717, 1.165) is 26.1 Å². The van der Waals surface area contributed by atoms with Gasteiger partial charge in [0, 0.05) is 25.3 Å². The number of nitrogens with zero attached hydrogens (tertiary/aromatic N) is 2. The van der Waals surface area contributed by atoms with Gasteiger partial charge < -0.3 is 14.9 Å². The fraction of sp³-hybridized carbons (Fsp3) is 0.500. The van der Waals surface area contributed by atoms with E-state index in [1.807, 2.05) is 18.2 Å². The Hall–Kier alpha value is -1.75. The lowest BCUT2D eigenvalue weighted by Crippen LogP contribution is -2.55. The first kappa shape index (κ1) is 12.3. The molecule has 5 nitrogen and oxygen atoms in total. The average molecular weight is 261 g/mol. The van der Waals surface area contributed by atoms with Crippen molar-refractivity contribution in [3.63, 3.8) is 0 Å². The van der Waals surface area contributed by atoms with Gasteiger partial charge in [0.1, 0.15) is 0 Å². The number of carbonyl (C=O) groups is 1. The van der Waals surface area contributed by atoms with Gasteiger partial charge in [0.15, 0.2) is 0 Å². The van der Waals surface area contributed by atoms with E-state index in [4.69, 9.17) is 5.11 Å². The molecule has 1 spiro atoms. The summed E-state index contributed by atoms with van der Waals surface area (Å²) in [6, 6.07) is 10.4. The van der Waals surface area contributed by atoms with E-state index in [9.17, 15) is 4.79 Å². The van der Waals surface area contributed by atoms with E-state index in [1.165, 1.54) is 10.6 Å². The van der Waals surface area contributed by atoms with Crippen LogP contribution in [0.25, 0.3) is 0 Å². The number of anilines is 1. The molecule has 0 atom stereocenters. The zero-order valence-electron chi connectivity index (χ0n) is 10.9. The summed E-state index contributed by atoms with van der Waals surface area (Å²) in [6.45, 7) is 3.03. The molecule has 0 aliphatic carbocycles. The van der Waals surface area contributed by atoms with Gasteiger partial charge in [-0.1, -0.05) is 18.2 Å². The lowest BCUT2D eigenvalue weighted by molar-refractivity contribution is 0.120. The van der Waals surface area contributed by atoms with Crippen molar-refractivity contribution < 1.29 is 9.90 Å². The summed E-state index contributed by atoms with van der Waals surface area (Å²) in [7, 11) is 0. The summed E-state index contributed by atoms with van der Waals surface area (Å²) in [5, 5.41) is 12.5. The van der Waals surface area contributed by atoms with Crippen molar-refractivity contribution in [2.45, 2.75) is 18.4 Å². The molecular formula is C14H19N3O2. The zero-order valence-corrected chi connectivity index (χ0v) is 10.9. The van der Waals surface area contributed by atoms with Crippen LogP contribution in [0.1, 0.15) is 12.8 Å². The standard InChI is InChI=1S/C14H19N3O2/c18-13(19)16-8-6-14(7-9-16)10-15-11-17(14)12-4-2-1-3-5-12/h1-5,15H,6-11H2,(H,18,19). The number of amides is 1. The minimum absolute atomic E-state index is 0.0767. The molecule has 3 rings (SSSR count). The summed E-state index contributed by atoms with van der Waals surface area (Å²) >= 11 is 0. The third-order valence-electron chi connectivity index (χ3n) is 4.33. The van der Waals surface area contributed by atoms with Crippen molar-refractivity contribution >= 4 is 11.8 Å². The molecule has 1 aromatic rings. The number of benzene rings is 1. The molecule has 0 bridgehead atoms. The Balaban J connectivity index is 1.79. The largest absolute Gasteiger partial charge is 0.465 e. The number of para-hydroxylation sites is 1. The summed E-state index contributed by atoms with van der Waals surface area (Å²) in [4.78, 5) is 14.9. The Bertz CT molecular complexity index is 455. The molecule has 2 aliphatic rings. The third kappa shape index (κ3) is 2.14. The molecule has 0 aromatic heterocycles. The molecule has 2 aliphatic heterocycles. The number of rotatable bonds is 1. The number of carboxylic acid groups (broad SMARTS) is 1. The summed E-state index contributed by atoms with van der Waals surface area (Å²) < 4.78 is 0. The van der Waals surface area contributed by atoms with Crippen LogP contribution in [0.5, 0.6) is 0 Å². The quantitative estimate of drug-likeness (QED) is 0.805. The van der Waals surface area contributed by atoms with E-state index in [2.05, 4.69) is 22.3 Å². The van der Waals surface area contributed by atoms with Crippen LogP contribution in [0, 0.1) is 0 Å². The van der Waals surface area contributed by atoms with Crippen molar-refractivity contribution in [1.29, 1.82) is 0 Å². The van der Waals surface area contributed by atoms with Gasteiger partial charge in [-0.3, -0.25) is 5.32 Å². The Morgan fingerprint density at radius 3 is 2.53 bits per heavy atom. The predicted octanol–water partition coefficient (Wildman–Crippen LogP) is 1.57. The van der Waals surface area contributed by atoms with Crippen LogP contribution in [0.4, 0.5) is 10.5 Å². The van der Waals surface area contributed by atoms with Crippen LogP contribution >= 0.6 is 0 Å². The van der Waals surface area contributed by atoms with Crippen molar-refractivity contribution in [2.24, 2.45) is 0 Å². The Kier molecular flexibility index (Phi) is 3.06. The van der Waals surface area contributed by atoms with Gasteiger partial charge >= 0.3 is 6.09 Å². The summed E-state index contributed by atoms with van der Waals surface area (Å²) in [5.41, 5.74) is 1.30. The van der Waals surface area contributed by atoms with E-state index < -0.39 is 6.09 Å². The minimum Gasteiger partial charge on any atom is -0.465 e. The van der Waals surface area contributed by atoms with E-state index >= 15 is 0 Å². The Morgan fingerprint density at radius 1 is 1.21 bits per heavy atom. The summed E-state index contributed by atoms with van der Waals surface area (Å²) in [6.07, 6.45) is 0.981. The molecule has 19 heavy (non-hydrogen) atoms. The van der Waals surface area contributed by atoms with Gasteiger partial charge in [-0.25, -0.2) is 4.79 Å². The highest BCUT2D eigenvalue weighted by molar-refractivity contribution is 5.65. The second-order valence-electron chi connectivity index (χ2n) is 5.34. The van der Waals surface area contributed by atoms with E-state index in [-0.39, 0.29) is 5.54 Å². The smallest absolute Gasteiger partial charge is 0.407 e. The first-order valence-corrected chi connectivity index (χ1v) is 6.73. The van der Waals surface area contributed by atoms with Gasteiger partial charge in [-0.2, -0.15) is 0 Å². The maximum absolute atomic E-state index is 11.0. The molecule has 0 saturated carbocycles. The first-order valence-electron chi connectivity index (χ1n) is 6.73. The lowest BCUT2D eigenvalue weighted by Gasteiger charge is -2.44. The molecule has 102 valence electrons. The maximum Gasteiger partial charge on any atom is 0.407 e. The number of hydrogen-bond donors (Lipinski definition) is 2. The molecule has 2 N–H and O–H groups in total. The highest BCUT2D eigenvalue weighted by Crippen LogP contribution is 2.35. The molecule has 0 unspecified atom stereocenters. The summed E-state index contributed by atoms with van der Waals surface area (Å²) in [5.74, 6) is 0. The van der Waals surface area contributed by atoms with Crippen LogP contribution < -0.4 is 10.2 Å². The second-order valence-corrected chi connectivity index (χ2v) is 5.34. The van der Waals surface area contributed by atoms with Gasteiger partial charge in [0.2, 0.25) is 0 Å². The highest BCUT2D eigenvalue weighted by Gasteiger charge is 2.43. The predicted molar refractivity (Wildman–Crippen MR) is 73.4 cm³/mol. The first-order chi connectivity index (χ1) is 9.21. The lowest BCUT2D eigenvalue weighted by atomic mass is 9.86. The van der Waals surface area contributed by atoms with Gasteiger partial charge in [-0.05, 0) is 25.0 Å². The molecule has 2 fully saturated rings. The molecule has 0 radical (unpaired) electrons. The molecule has 1 aromatic carbocycles. The number of likely N-dealkylation sites (tertiary alicyclic amines) is 1. The van der Waals surface area contributed by atoms with E-state index in [1.54, 1.807) is 0 Å². The van der Waals surface area contributed by atoms with Gasteiger partial charge in [0.25, 0.3) is 0 Å². The average Bonchev–Trinajstić information content (AvgIpc) is 2.84. The normalized spacial score (nSPS) is 21.9. The Labute approximate surface area is 112 Å². The molecule has 2 saturated heterocycles. The van der Waals surface area contributed by atoms with Crippen LogP contribution in [0.15, 0.2) is 30.3 Å². The molecule has 5 heteroatoms. The van der Waals surface area contributed by atoms with Crippen molar-refractivity contribution in [3.05, 3.63) is 30.3 Å². The second kappa shape index (κ2) is 4.74. The fourth-order valence-electron chi connectivity index (χ4n) is 3.20. The maximum atomic E-state index is 11.0. The number of nitrogens with one attached hydrogen (secondary N) is 1. The zero-order chi connectivity index (χ0) is 13.3. The third-order valence-corrected chi connectivity index (χ3v) is 4.33. The molecule has 1 amide bonds. The fourth-order valence-corrected chi connectivity index (χ4v) is 3.20. The minimum atomic E-state index is -0.799.